The van der Waals surface area contributed by atoms with Crippen LogP contribution in [0.2, 0.25) is 0 Å². The summed E-state index contributed by atoms with van der Waals surface area (Å²) >= 11 is 0. The van der Waals surface area contributed by atoms with Crippen molar-refractivity contribution in [2.45, 2.75) is 13.8 Å². The normalized spacial score (nSPS) is 9.52. The van der Waals surface area contributed by atoms with E-state index in [1.54, 1.807) is 24.5 Å². The molecule has 33 heavy (non-hydrogen) atoms. The van der Waals surface area contributed by atoms with Gasteiger partial charge in [-0.25, -0.2) is 0 Å². The number of benzene rings is 2. The number of hydrogen-bond acceptors (Lipinski definition) is 2. The van der Waals surface area contributed by atoms with Gasteiger partial charge in [-0.15, -0.1) is 59.7 Å². The van der Waals surface area contributed by atoms with E-state index in [1.807, 2.05) is 38.1 Å². The van der Waals surface area contributed by atoms with Crippen LogP contribution in [0.1, 0.15) is 11.1 Å². The van der Waals surface area contributed by atoms with E-state index < -0.39 is 0 Å². The second kappa shape index (κ2) is 15.1. The Morgan fingerprint density at radius 1 is 0.667 bits per heavy atom. The Balaban J connectivity index is 0.000000278. The van der Waals surface area contributed by atoms with E-state index in [1.165, 1.54) is 24.3 Å². The molecule has 0 bridgehead atoms. The maximum atomic E-state index is 12.6. The first kappa shape index (κ1) is 28.2. The number of hydrogen-bond donors (Lipinski definition) is 0. The fourth-order valence-corrected chi connectivity index (χ4v) is 2.38. The van der Waals surface area contributed by atoms with Crippen molar-refractivity contribution >= 4 is 0 Å². The Hall–Kier alpha value is -2.83. The molecule has 0 saturated heterocycles. The van der Waals surface area contributed by atoms with E-state index in [0.29, 0.717) is 0 Å². The topological polar surface area (TPSA) is 73.4 Å². The molecule has 4 rings (SSSR count). The van der Waals surface area contributed by atoms with Gasteiger partial charge in [0.05, 0.1) is 0 Å². The molecule has 0 aliphatic carbocycles. The molecular formula is C26H24F2IrN4-4. The molecular weight excluding hydrogens is 599 g/mol. The molecule has 0 atom stereocenters. The van der Waals surface area contributed by atoms with Crippen LogP contribution < -0.4 is 0 Å². The van der Waals surface area contributed by atoms with Crippen LogP contribution in [0.4, 0.5) is 8.78 Å². The predicted molar refractivity (Wildman–Crippen MR) is 125 cm³/mol. The third-order valence-electron chi connectivity index (χ3n) is 4.05. The maximum absolute atomic E-state index is 12.6. The van der Waals surface area contributed by atoms with Crippen LogP contribution in [-0.2, 0) is 20.1 Å². The van der Waals surface area contributed by atoms with E-state index in [2.05, 4.69) is 22.1 Å². The largest absolute Gasteiger partial charge is 0.679 e. The molecule has 2 aromatic carbocycles. The molecule has 7 heteroatoms. The van der Waals surface area contributed by atoms with Gasteiger partial charge >= 0.3 is 0 Å². The second-order valence-corrected chi connectivity index (χ2v) is 6.78. The fraction of sp³-hybridized carbons (Fsp3) is 0.154. The number of aryl methyl sites for hydroxylation is 2. The summed E-state index contributed by atoms with van der Waals surface area (Å²) in [4.78, 5) is 8.45. The van der Waals surface area contributed by atoms with Crippen molar-refractivity contribution in [1.82, 2.24) is 9.97 Å². The van der Waals surface area contributed by atoms with Gasteiger partial charge in [0.15, 0.2) is 0 Å². The van der Waals surface area contributed by atoms with E-state index >= 15 is 0 Å². The summed E-state index contributed by atoms with van der Waals surface area (Å²) < 4.78 is 25.2. The molecule has 0 unspecified atom stereocenters. The first-order valence-corrected chi connectivity index (χ1v) is 9.92. The van der Waals surface area contributed by atoms with E-state index in [9.17, 15) is 8.78 Å². The van der Waals surface area contributed by atoms with Crippen molar-refractivity contribution in [3.8, 4) is 22.5 Å². The third-order valence-corrected chi connectivity index (χ3v) is 4.05. The Labute approximate surface area is 207 Å². The Morgan fingerprint density at radius 3 is 1.30 bits per heavy atom. The molecule has 1 radical (unpaired) electrons. The average molecular weight is 623 g/mol. The number of pyridine rings is 2. The molecule has 0 aliphatic rings. The van der Waals surface area contributed by atoms with Crippen molar-refractivity contribution in [2.24, 2.45) is 0 Å². The summed E-state index contributed by atoms with van der Waals surface area (Å²) in [6.45, 7) is 4.43. The van der Waals surface area contributed by atoms with Gasteiger partial charge in [-0.05, 0) is 36.4 Å². The van der Waals surface area contributed by atoms with Crippen LogP contribution in [-0.4, -0.2) is 23.1 Å². The van der Waals surface area contributed by atoms with Crippen molar-refractivity contribution in [2.75, 3.05) is 13.1 Å². The van der Waals surface area contributed by atoms with Crippen LogP contribution in [0.15, 0.2) is 73.1 Å². The van der Waals surface area contributed by atoms with Gasteiger partial charge in [-0.2, -0.15) is 13.1 Å². The van der Waals surface area contributed by atoms with Gasteiger partial charge < -0.3 is 21.4 Å². The van der Waals surface area contributed by atoms with Crippen molar-refractivity contribution in [1.29, 1.82) is 0 Å². The van der Waals surface area contributed by atoms with Gasteiger partial charge in [0.1, 0.15) is 0 Å². The Morgan fingerprint density at radius 2 is 1.06 bits per heavy atom. The zero-order chi connectivity index (χ0) is 23.3. The Kier molecular flexibility index (Phi) is 12.9. The zero-order valence-electron chi connectivity index (χ0n) is 18.3. The first-order chi connectivity index (χ1) is 15.4. The molecule has 0 spiro atoms. The second-order valence-electron chi connectivity index (χ2n) is 6.78. The molecule has 175 valence electrons. The number of aromatic nitrogens is 2. The monoisotopic (exact) mass is 623 g/mol. The summed E-state index contributed by atoms with van der Waals surface area (Å²) in [5, 5.41) is 0. The fourth-order valence-electron chi connectivity index (χ4n) is 2.38. The standard InChI is InChI=1S/2C12H9FN.C2H6N2.Ir/c2*1-9-2-7-12(14-8-9)10-3-5-11(13)6-4-10;3-1-2-4;/h2*2-3,5-8H,1H3;3-4H,1-2H2;/q2*-1;-2;. The van der Waals surface area contributed by atoms with Gasteiger partial charge in [0.2, 0.25) is 0 Å². The van der Waals surface area contributed by atoms with Crippen LogP contribution in [0, 0.1) is 37.6 Å². The summed E-state index contributed by atoms with van der Waals surface area (Å²) in [5.74, 6) is -0.554. The summed E-state index contributed by atoms with van der Waals surface area (Å²) in [7, 11) is 0. The first-order valence-electron chi connectivity index (χ1n) is 9.92. The van der Waals surface area contributed by atoms with E-state index in [-0.39, 0.29) is 44.8 Å². The van der Waals surface area contributed by atoms with Crippen LogP contribution in [0.3, 0.4) is 0 Å². The minimum atomic E-state index is -0.277. The van der Waals surface area contributed by atoms with Gasteiger partial charge in [-0.1, -0.05) is 24.3 Å². The number of nitrogens with one attached hydrogen (secondary N) is 2. The zero-order valence-corrected chi connectivity index (χ0v) is 20.7. The number of halogens is 2. The van der Waals surface area contributed by atoms with E-state index in [0.717, 1.165) is 33.6 Å². The van der Waals surface area contributed by atoms with Crippen LogP contribution in [0.5, 0.6) is 0 Å². The Bertz CT molecular complexity index is 877. The molecule has 2 N–H and O–H groups in total. The minimum Gasteiger partial charge on any atom is -0.679 e. The van der Waals surface area contributed by atoms with Gasteiger partial charge in [0, 0.05) is 44.1 Å². The minimum absolute atomic E-state index is 0. The summed E-state index contributed by atoms with van der Waals surface area (Å²) in [6.07, 6.45) is 3.57. The molecule has 2 heterocycles. The van der Waals surface area contributed by atoms with Gasteiger partial charge in [-0.3, -0.25) is 8.78 Å². The van der Waals surface area contributed by atoms with Crippen molar-refractivity contribution < 1.29 is 28.9 Å². The molecule has 4 nitrogen and oxygen atoms in total. The SMILES string of the molecule is Cc1ccc(-c2[c-]cc(F)cc2)nc1.Cc1ccc(-c2[c-]cc(F)cc2)nc1.[Ir].[NH-]CC[NH-]. The van der Waals surface area contributed by atoms with Crippen LogP contribution in [0.25, 0.3) is 34.0 Å². The molecule has 0 aliphatic heterocycles. The van der Waals surface area contributed by atoms with Gasteiger partial charge in [0.25, 0.3) is 0 Å². The number of rotatable bonds is 3. The number of nitrogens with zero attached hydrogens (tertiary/aromatic N) is 2. The predicted octanol–water partition coefficient (Wildman–Crippen LogP) is 7.08. The molecule has 0 amide bonds. The van der Waals surface area contributed by atoms with E-state index in [4.69, 9.17) is 11.5 Å². The molecule has 0 saturated carbocycles. The van der Waals surface area contributed by atoms with Crippen LogP contribution >= 0.6 is 0 Å². The third kappa shape index (κ3) is 10.1. The average Bonchev–Trinajstić information content (AvgIpc) is 2.82. The molecule has 2 aromatic heterocycles. The van der Waals surface area contributed by atoms with Crippen molar-refractivity contribution in [3.05, 3.63) is 119 Å². The summed E-state index contributed by atoms with van der Waals surface area (Å²) in [5.41, 5.74) is 18.0. The molecule has 0 fully saturated rings. The molecule has 4 aromatic rings. The van der Waals surface area contributed by atoms with Crippen molar-refractivity contribution in [3.63, 3.8) is 0 Å². The maximum Gasteiger partial charge on any atom is 0.0379 e. The summed E-state index contributed by atoms with van der Waals surface area (Å²) in [6, 6.07) is 22.2. The smallest absolute Gasteiger partial charge is 0.0379 e. The quantitative estimate of drug-likeness (QED) is 0.229.